The van der Waals surface area contributed by atoms with Gasteiger partial charge in [-0.25, -0.2) is 0 Å². The highest BCUT2D eigenvalue weighted by Crippen LogP contribution is 2.30. The predicted molar refractivity (Wildman–Crippen MR) is 90.3 cm³/mol. The zero-order valence-corrected chi connectivity index (χ0v) is 14.1. The molecule has 0 saturated carbocycles. The molecule has 0 aliphatic carbocycles. The van der Waals surface area contributed by atoms with E-state index >= 15 is 0 Å². The van der Waals surface area contributed by atoms with Gasteiger partial charge in [-0.3, -0.25) is 14.7 Å². The fourth-order valence-corrected chi connectivity index (χ4v) is 3.57. The lowest BCUT2D eigenvalue weighted by Gasteiger charge is -2.23. The molecule has 2 aromatic heterocycles. The largest absolute Gasteiger partial charge is 0.300 e. The van der Waals surface area contributed by atoms with Gasteiger partial charge in [-0.05, 0) is 37.9 Å². The molecule has 7 heteroatoms. The first-order valence-corrected chi connectivity index (χ1v) is 8.85. The highest BCUT2D eigenvalue weighted by molar-refractivity contribution is 7.15. The number of rotatable bonds is 6. The monoisotopic (exact) mass is 331 g/mol. The molecular formula is C16H21N5OS. The molecule has 1 aliphatic heterocycles. The highest BCUT2D eigenvalue weighted by Gasteiger charge is 2.26. The first-order valence-electron chi connectivity index (χ1n) is 8.03. The minimum absolute atomic E-state index is 0.00419. The average molecular weight is 331 g/mol. The van der Waals surface area contributed by atoms with Crippen LogP contribution in [0.2, 0.25) is 0 Å². The quantitative estimate of drug-likeness (QED) is 0.881. The summed E-state index contributed by atoms with van der Waals surface area (Å²) in [6.45, 7) is 3.79. The molecule has 1 amide bonds. The minimum atomic E-state index is -0.00419. The van der Waals surface area contributed by atoms with Crippen LogP contribution in [0.4, 0.5) is 5.13 Å². The Labute approximate surface area is 140 Å². The van der Waals surface area contributed by atoms with Crippen LogP contribution < -0.4 is 5.32 Å². The molecule has 23 heavy (non-hydrogen) atoms. The van der Waals surface area contributed by atoms with Crippen molar-refractivity contribution >= 4 is 22.4 Å². The van der Waals surface area contributed by atoms with E-state index in [0.29, 0.717) is 17.6 Å². The van der Waals surface area contributed by atoms with Gasteiger partial charge in [0.2, 0.25) is 11.0 Å². The molecule has 1 fully saturated rings. The molecule has 0 unspecified atom stereocenters. The number of aryl methyl sites for hydroxylation is 1. The van der Waals surface area contributed by atoms with E-state index < -0.39 is 0 Å². The Balaban J connectivity index is 1.52. The van der Waals surface area contributed by atoms with Crippen molar-refractivity contribution in [3.05, 3.63) is 35.1 Å². The molecule has 2 aromatic rings. The lowest BCUT2D eigenvalue weighted by molar-refractivity contribution is -0.116. The topological polar surface area (TPSA) is 71.0 Å². The number of aromatic nitrogens is 3. The summed E-state index contributed by atoms with van der Waals surface area (Å²) in [7, 11) is 0. The molecule has 1 N–H and O–H groups in total. The van der Waals surface area contributed by atoms with E-state index in [2.05, 4.69) is 31.5 Å². The van der Waals surface area contributed by atoms with Crippen molar-refractivity contribution in [1.29, 1.82) is 0 Å². The van der Waals surface area contributed by atoms with Crippen LogP contribution in [0, 0.1) is 0 Å². The van der Waals surface area contributed by atoms with Crippen LogP contribution >= 0.6 is 11.3 Å². The van der Waals surface area contributed by atoms with Crippen molar-refractivity contribution in [3.8, 4) is 0 Å². The third kappa shape index (κ3) is 4.11. The Hall–Kier alpha value is -1.86. The van der Waals surface area contributed by atoms with Crippen molar-refractivity contribution in [3.63, 3.8) is 0 Å². The van der Waals surface area contributed by atoms with Crippen LogP contribution in [0.1, 0.15) is 42.9 Å². The molecular weight excluding hydrogens is 310 g/mol. The van der Waals surface area contributed by atoms with E-state index in [4.69, 9.17) is 0 Å². The smallest absolute Gasteiger partial charge is 0.227 e. The van der Waals surface area contributed by atoms with Crippen LogP contribution in [0.25, 0.3) is 0 Å². The van der Waals surface area contributed by atoms with Crippen LogP contribution in [-0.4, -0.2) is 39.1 Å². The number of amides is 1. The molecule has 1 saturated heterocycles. The number of hydrogen-bond acceptors (Lipinski definition) is 6. The van der Waals surface area contributed by atoms with Gasteiger partial charge in [-0.15, -0.1) is 10.2 Å². The van der Waals surface area contributed by atoms with E-state index in [9.17, 15) is 4.79 Å². The summed E-state index contributed by atoms with van der Waals surface area (Å²) in [6.07, 6.45) is 5.39. The molecule has 6 nitrogen and oxygen atoms in total. The summed E-state index contributed by atoms with van der Waals surface area (Å²) in [5, 5.41) is 12.4. The van der Waals surface area contributed by atoms with Gasteiger partial charge in [-0.1, -0.05) is 24.3 Å². The van der Waals surface area contributed by atoms with Gasteiger partial charge in [-0.2, -0.15) is 0 Å². The van der Waals surface area contributed by atoms with E-state index in [1.54, 1.807) is 0 Å². The summed E-state index contributed by atoms with van der Waals surface area (Å²) in [5.41, 5.74) is 1.10. The van der Waals surface area contributed by atoms with E-state index in [-0.39, 0.29) is 5.91 Å². The predicted octanol–water partition coefficient (Wildman–Crippen LogP) is 2.66. The lowest BCUT2D eigenvalue weighted by Crippen LogP contribution is -2.28. The normalized spacial score (nSPS) is 18.2. The van der Waals surface area contributed by atoms with Crippen molar-refractivity contribution in [2.24, 2.45) is 0 Å². The number of nitrogens with zero attached hydrogens (tertiary/aromatic N) is 4. The number of hydrogen-bond donors (Lipinski definition) is 1. The third-order valence-electron chi connectivity index (χ3n) is 4.03. The fraction of sp³-hybridized carbons (Fsp3) is 0.500. The van der Waals surface area contributed by atoms with Gasteiger partial charge in [0.05, 0.1) is 11.7 Å². The zero-order valence-electron chi connectivity index (χ0n) is 13.2. The molecule has 0 spiro atoms. The van der Waals surface area contributed by atoms with Gasteiger partial charge in [0, 0.05) is 19.2 Å². The van der Waals surface area contributed by atoms with Crippen LogP contribution in [0.5, 0.6) is 0 Å². The van der Waals surface area contributed by atoms with Gasteiger partial charge in [0.1, 0.15) is 5.01 Å². The van der Waals surface area contributed by atoms with Gasteiger partial charge in [0.15, 0.2) is 0 Å². The maximum atomic E-state index is 12.1. The number of anilines is 1. The van der Waals surface area contributed by atoms with Crippen LogP contribution in [-0.2, 0) is 11.2 Å². The van der Waals surface area contributed by atoms with Crippen molar-refractivity contribution in [2.45, 2.75) is 38.6 Å². The first-order chi connectivity index (χ1) is 11.3. The molecule has 0 bridgehead atoms. The van der Waals surface area contributed by atoms with Gasteiger partial charge in [0.25, 0.3) is 0 Å². The van der Waals surface area contributed by atoms with Gasteiger partial charge >= 0.3 is 0 Å². The Bertz CT molecular complexity index is 645. The zero-order chi connectivity index (χ0) is 16.1. The summed E-state index contributed by atoms with van der Waals surface area (Å²) in [6, 6.07) is 6.35. The molecule has 0 aromatic carbocycles. The standard InChI is InChI=1S/C16H21N5OS/c1-2-15-19-20-16(23-15)18-14(22)8-11-21-10-5-7-13(21)12-6-3-4-9-17-12/h3-4,6,9,13H,2,5,7-8,10-11H2,1H3,(H,18,20,22)/t13-/m1/s1. The summed E-state index contributed by atoms with van der Waals surface area (Å²) in [4.78, 5) is 18.9. The third-order valence-corrected chi connectivity index (χ3v) is 5.02. The number of carbonyl (C=O) groups is 1. The Morgan fingerprint density at radius 3 is 3.09 bits per heavy atom. The second-order valence-electron chi connectivity index (χ2n) is 5.60. The number of pyridine rings is 1. The highest BCUT2D eigenvalue weighted by atomic mass is 32.1. The SMILES string of the molecule is CCc1nnc(NC(=O)CCN2CCC[C@@H]2c2ccccn2)s1. The molecule has 1 aliphatic rings. The Kier molecular flexibility index (Phi) is 5.30. The number of nitrogens with one attached hydrogen (secondary N) is 1. The van der Waals surface area contributed by atoms with Crippen molar-refractivity contribution in [2.75, 3.05) is 18.4 Å². The van der Waals surface area contributed by atoms with E-state index in [0.717, 1.165) is 43.1 Å². The first kappa shape index (κ1) is 16.0. The summed E-state index contributed by atoms with van der Waals surface area (Å²) in [5.74, 6) is -0.00419. The Morgan fingerprint density at radius 2 is 2.35 bits per heavy atom. The Morgan fingerprint density at radius 1 is 1.43 bits per heavy atom. The molecule has 3 heterocycles. The maximum absolute atomic E-state index is 12.1. The van der Waals surface area contributed by atoms with Gasteiger partial charge < -0.3 is 5.32 Å². The molecule has 0 radical (unpaired) electrons. The second kappa shape index (κ2) is 7.61. The molecule has 122 valence electrons. The lowest BCUT2D eigenvalue weighted by atomic mass is 10.1. The maximum Gasteiger partial charge on any atom is 0.227 e. The number of likely N-dealkylation sites (tertiary alicyclic amines) is 1. The summed E-state index contributed by atoms with van der Waals surface area (Å²) >= 11 is 1.44. The van der Waals surface area contributed by atoms with Crippen molar-refractivity contribution < 1.29 is 4.79 Å². The molecule has 1 atom stereocenters. The average Bonchev–Trinajstić information content (AvgIpc) is 3.22. The van der Waals surface area contributed by atoms with Crippen LogP contribution in [0.15, 0.2) is 24.4 Å². The van der Waals surface area contributed by atoms with E-state index in [1.807, 2.05) is 25.3 Å². The van der Waals surface area contributed by atoms with E-state index in [1.165, 1.54) is 11.3 Å². The summed E-state index contributed by atoms with van der Waals surface area (Å²) < 4.78 is 0. The van der Waals surface area contributed by atoms with Crippen LogP contribution in [0.3, 0.4) is 0 Å². The number of carbonyl (C=O) groups excluding carboxylic acids is 1. The molecule has 3 rings (SSSR count). The second-order valence-corrected chi connectivity index (χ2v) is 6.66. The minimum Gasteiger partial charge on any atom is -0.300 e. The fourth-order valence-electron chi connectivity index (χ4n) is 2.88. The van der Waals surface area contributed by atoms with Crippen molar-refractivity contribution in [1.82, 2.24) is 20.1 Å².